The Morgan fingerprint density at radius 3 is 2.07 bits per heavy atom. The molecule has 3 nitrogen and oxygen atoms in total. The number of hydrogen-bond acceptors (Lipinski definition) is 3. The Morgan fingerprint density at radius 1 is 0.926 bits per heavy atom. The number of anilines is 2. The van der Waals surface area contributed by atoms with Crippen molar-refractivity contribution in [2.75, 3.05) is 18.6 Å². The van der Waals surface area contributed by atoms with Crippen molar-refractivity contribution in [1.29, 1.82) is 0 Å². The van der Waals surface area contributed by atoms with E-state index in [1.807, 2.05) is 31.2 Å². The molecule has 0 N–H and O–H groups in total. The largest absolute Gasteiger partial charge is 0.462 e. The lowest BCUT2D eigenvalue weighted by atomic mass is 9.63. The molecule has 0 heterocycles. The monoisotopic (exact) mass is 365 g/mol. The summed E-state index contributed by atoms with van der Waals surface area (Å²) in [4.78, 5) is 14.0. The number of nitrogens with zero attached hydrogens (tertiary/aromatic N) is 1. The van der Waals surface area contributed by atoms with Gasteiger partial charge in [0.05, 0.1) is 12.2 Å². The first-order valence-corrected chi connectivity index (χ1v) is 9.81. The summed E-state index contributed by atoms with van der Waals surface area (Å²) >= 11 is 0. The zero-order valence-corrected chi connectivity index (χ0v) is 17.4. The van der Waals surface area contributed by atoms with E-state index in [9.17, 15) is 4.79 Å². The zero-order chi connectivity index (χ0) is 19.8. The van der Waals surface area contributed by atoms with Crippen LogP contribution >= 0.6 is 0 Å². The van der Waals surface area contributed by atoms with E-state index in [2.05, 4.69) is 57.8 Å². The Morgan fingerprint density at radius 2 is 1.48 bits per heavy atom. The number of esters is 1. The summed E-state index contributed by atoms with van der Waals surface area (Å²) in [5, 5.41) is 0. The van der Waals surface area contributed by atoms with Gasteiger partial charge in [-0.05, 0) is 78.1 Å². The SMILES string of the molecule is CCOC(=O)c1ccc(N(C)c2ccc3c(c2)C(C)(C)CCC3(C)C)cc1. The summed E-state index contributed by atoms with van der Waals surface area (Å²) in [6.07, 6.45) is 2.42. The Hall–Kier alpha value is -2.29. The van der Waals surface area contributed by atoms with Gasteiger partial charge < -0.3 is 9.64 Å². The van der Waals surface area contributed by atoms with E-state index >= 15 is 0 Å². The van der Waals surface area contributed by atoms with E-state index in [4.69, 9.17) is 4.74 Å². The van der Waals surface area contributed by atoms with Gasteiger partial charge in [-0.15, -0.1) is 0 Å². The van der Waals surface area contributed by atoms with Crippen molar-refractivity contribution < 1.29 is 9.53 Å². The van der Waals surface area contributed by atoms with Crippen LogP contribution in [0, 0.1) is 0 Å². The molecule has 0 saturated heterocycles. The second-order valence-corrected chi connectivity index (χ2v) is 8.82. The molecule has 1 aliphatic rings. The Labute approximate surface area is 163 Å². The summed E-state index contributed by atoms with van der Waals surface area (Å²) in [5.74, 6) is -0.274. The van der Waals surface area contributed by atoms with Crippen molar-refractivity contribution in [2.45, 2.75) is 58.3 Å². The fraction of sp³-hybridized carbons (Fsp3) is 0.458. The van der Waals surface area contributed by atoms with Gasteiger partial charge in [0.25, 0.3) is 0 Å². The third-order valence-corrected chi connectivity index (χ3v) is 5.99. The lowest BCUT2D eigenvalue weighted by Gasteiger charge is -2.42. The minimum Gasteiger partial charge on any atom is -0.462 e. The number of benzene rings is 2. The van der Waals surface area contributed by atoms with Gasteiger partial charge in [0.2, 0.25) is 0 Å². The summed E-state index contributed by atoms with van der Waals surface area (Å²) in [5.41, 5.74) is 6.14. The molecular weight excluding hydrogens is 334 g/mol. The topological polar surface area (TPSA) is 29.5 Å². The fourth-order valence-corrected chi connectivity index (χ4v) is 3.97. The highest BCUT2D eigenvalue weighted by Crippen LogP contribution is 2.47. The quantitative estimate of drug-likeness (QED) is 0.624. The van der Waals surface area contributed by atoms with Crippen LogP contribution < -0.4 is 4.90 Å². The standard InChI is InChI=1S/C24H31NO2/c1-7-27-22(26)17-8-10-18(11-9-17)25(6)19-12-13-20-21(16-19)24(4,5)15-14-23(20,2)3/h8-13,16H,7,14-15H2,1-6H3. The normalized spacial score (nSPS) is 17.1. The maximum Gasteiger partial charge on any atom is 0.338 e. The van der Waals surface area contributed by atoms with Crippen molar-refractivity contribution in [3.8, 4) is 0 Å². The summed E-state index contributed by atoms with van der Waals surface area (Å²) < 4.78 is 5.06. The van der Waals surface area contributed by atoms with E-state index in [1.54, 1.807) is 0 Å². The number of hydrogen-bond donors (Lipinski definition) is 0. The Bertz CT molecular complexity index is 834. The minimum absolute atomic E-state index is 0.190. The molecule has 3 rings (SSSR count). The molecule has 0 fully saturated rings. The van der Waals surface area contributed by atoms with Crippen molar-refractivity contribution in [3.63, 3.8) is 0 Å². The van der Waals surface area contributed by atoms with E-state index in [1.165, 1.54) is 29.7 Å². The lowest BCUT2D eigenvalue weighted by molar-refractivity contribution is 0.0526. The third-order valence-electron chi connectivity index (χ3n) is 5.99. The molecule has 3 heteroatoms. The van der Waals surface area contributed by atoms with Crippen LogP contribution in [-0.4, -0.2) is 19.6 Å². The molecular formula is C24H31NO2. The second kappa shape index (κ2) is 7.03. The van der Waals surface area contributed by atoms with E-state index < -0.39 is 0 Å². The Balaban J connectivity index is 1.92. The van der Waals surface area contributed by atoms with Crippen LogP contribution in [0.25, 0.3) is 0 Å². The highest BCUT2D eigenvalue weighted by Gasteiger charge is 2.37. The molecule has 0 aromatic heterocycles. The van der Waals surface area contributed by atoms with Crippen LogP contribution in [0.3, 0.4) is 0 Å². The van der Waals surface area contributed by atoms with Gasteiger partial charge in [0.1, 0.15) is 0 Å². The number of rotatable bonds is 4. The zero-order valence-electron chi connectivity index (χ0n) is 17.4. The van der Waals surface area contributed by atoms with Gasteiger partial charge in [-0.2, -0.15) is 0 Å². The van der Waals surface area contributed by atoms with Crippen LogP contribution in [0.1, 0.15) is 68.9 Å². The number of fused-ring (bicyclic) bond motifs is 1. The molecule has 0 atom stereocenters. The molecule has 2 aromatic rings. The maximum absolute atomic E-state index is 11.9. The molecule has 0 saturated carbocycles. The van der Waals surface area contributed by atoms with Crippen molar-refractivity contribution in [2.24, 2.45) is 0 Å². The third kappa shape index (κ3) is 3.73. The molecule has 0 radical (unpaired) electrons. The first-order valence-electron chi connectivity index (χ1n) is 9.81. The van der Waals surface area contributed by atoms with Crippen molar-refractivity contribution in [1.82, 2.24) is 0 Å². The summed E-state index contributed by atoms with van der Waals surface area (Å²) in [6.45, 7) is 11.6. The summed E-state index contributed by atoms with van der Waals surface area (Å²) in [7, 11) is 2.07. The van der Waals surface area contributed by atoms with Gasteiger partial charge in [0, 0.05) is 18.4 Å². The molecule has 0 aliphatic heterocycles. The molecule has 1 aliphatic carbocycles. The van der Waals surface area contributed by atoms with E-state index in [-0.39, 0.29) is 16.8 Å². The van der Waals surface area contributed by atoms with E-state index in [0.717, 1.165) is 5.69 Å². The predicted molar refractivity (Wildman–Crippen MR) is 112 cm³/mol. The number of carbonyl (C=O) groups excluding carboxylic acids is 1. The molecule has 0 unspecified atom stereocenters. The van der Waals surface area contributed by atoms with Gasteiger partial charge in [-0.1, -0.05) is 33.8 Å². The minimum atomic E-state index is -0.274. The predicted octanol–water partition coefficient (Wildman–Crippen LogP) is 5.98. The fourth-order valence-electron chi connectivity index (χ4n) is 3.97. The number of ether oxygens (including phenoxy) is 1. The smallest absolute Gasteiger partial charge is 0.338 e. The molecule has 144 valence electrons. The first-order chi connectivity index (χ1) is 12.7. The van der Waals surface area contributed by atoms with E-state index in [0.29, 0.717) is 12.2 Å². The Kier molecular flexibility index (Phi) is 5.07. The highest BCUT2D eigenvalue weighted by atomic mass is 16.5. The van der Waals surface area contributed by atoms with Crippen LogP contribution in [-0.2, 0) is 15.6 Å². The molecule has 27 heavy (non-hydrogen) atoms. The summed E-state index contributed by atoms with van der Waals surface area (Å²) in [6, 6.07) is 14.5. The van der Waals surface area contributed by atoms with Crippen LogP contribution in [0.4, 0.5) is 11.4 Å². The number of carbonyl (C=O) groups is 1. The lowest BCUT2D eigenvalue weighted by Crippen LogP contribution is -2.34. The second-order valence-electron chi connectivity index (χ2n) is 8.82. The van der Waals surface area contributed by atoms with Gasteiger partial charge in [-0.3, -0.25) is 0 Å². The van der Waals surface area contributed by atoms with Crippen molar-refractivity contribution in [3.05, 3.63) is 59.2 Å². The molecule has 2 aromatic carbocycles. The average Bonchev–Trinajstić information content (AvgIpc) is 2.65. The van der Waals surface area contributed by atoms with Crippen LogP contribution in [0.15, 0.2) is 42.5 Å². The molecule has 0 bridgehead atoms. The van der Waals surface area contributed by atoms with Gasteiger partial charge in [0.15, 0.2) is 0 Å². The van der Waals surface area contributed by atoms with Gasteiger partial charge >= 0.3 is 5.97 Å². The molecule has 0 spiro atoms. The van der Waals surface area contributed by atoms with Crippen LogP contribution in [0.5, 0.6) is 0 Å². The van der Waals surface area contributed by atoms with Gasteiger partial charge in [-0.25, -0.2) is 4.79 Å². The van der Waals surface area contributed by atoms with Crippen LogP contribution in [0.2, 0.25) is 0 Å². The first kappa shape index (κ1) is 19.5. The maximum atomic E-state index is 11.9. The highest BCUT2D eigenvalue weighted by molar-refractivity contribution is 5.90. The molecule has 0 amide bonds. The van der Waals surface area contributed by atoms with Crippen molar-refractivity contribution >= 4 is 17.3 Å². The average molecular weight is 366 g/mol.